The molecule has 0 saturated carbocycles. The van der Waals surface area contributed by atoms with Crippen LogP contribution in [0.15, 0.2) is 47.4 Å². The highest BCUT2D eigenvalue weighted by Gasteiger charge is 2.17. The minimum absolute atomic E-state index is 0.0390. The Morgan fingerprint density at radius 1 is 1.11 bits per heavy atom. The van der Waals surface area contributed by atoms with Crippen LogP contribution in [-0.4, -0.2) is 33.2 Å². The predicted octanol–water partition coefficient (Wildman–Crippen LogP) is 3.66. The quantitative estimate of drug-likeness (QED) is 0.735. The van der Waals surface area contributed by atoms with Crippen molar-refractivity contribution in [1.82, 2.24) is 0 Å². The number of halogens is 1. The molecule has 0 bridgehead atoms. The van der Waals surface area contributed by atoms with Crippen molar-refractivity contribution in [3.8, 4) is 0 Å². The molecule has 1 N–H and O–H groups in total. The summed E-state index contributed by atoms with van der Waals surface area (Å²) in [5.74, 6) is -1.02. The number of benzene rings is 2. The number of esters is 1. The summed E-state index contributed by atoms with van der Waals surface area (Å²) in [5, 5.41) is 2.66. The van der Waals surface area contributed by atoms with E-state index in [0.717, 1.165) is 17.9 Å². The van der Waals surface area contributed by atoms with E-state index in [1.165, 1.54) is 12.1 Å². The average Bonchev–Trinajstić information content (AvgIpc) is 2.59. The molecular formula is C19H20ClNO5S. The van der Waals surface area contributed by atoms with Crippen LogP contribution in [0, 0.1) is 0 Å². The van der Waals surface area contributed by atoms with Gasteiger partial charge in [-0.2, -0.15) is 0 Å². The average molecular weight is 410 g/mol. The summed E-state index contributed by atoms with van der Waals surface area (Å²) in [5.41, 5.74) is 1.60. The third-order valence-electron chi connectivity index (χ3n) is 3.78. The molecule has 0 radical (unpaired) electrons. The van der Waals surface area contributed by atoms with Crippen molar-refractivity contribution in [1.29, 1.82) is 0 Å². The van der Waals surface area contributed by atoms with E-state index < -0.39 is 28.3 Å². The largest absolute Gasteiger partial charge is 0.452 e. The van der Waals surface area contributed by atoms with Gasteiger partial charge in [0.25, 0.3) is 5.91 Å². The van der Waals surface area contributed by atoms with Crippen LogP contribution in [0.5, 0.6) is 0 Å². The summed E-state index contributed by atoms with van der Waals surface area (Å²) in [6.45, 7) is 3.61. The first-order valence-corrected chi connectivity index (χ1v) is 10.4. The number of hydrogen-bond acceptors (Lipinski definition) is 5. The van der Waals surface area contributed by atoms with E-state index in [2.05, 4.69) is 19.2 Å². The lowest BCUT2D eigenvalue weighted by molar-refractivity contribution is -0.119. The van der Waals surface area contributed by atoms with Gasteiger partial charge < -0.3 is 10.1 Å². The molecule has 0 spiro atoms. The second-order valence-electron chi connectivity index (χ2n) is 6.31. The van der Waals surface area contributed by atoms with Gasteiger partial charge in [-0.3, -0.25) is 4.79 Å². The molecule has 8 heteroatoms. The third kappa shape index (κ3) is 5.80. The molecular weight excluding hydrogens is 390 g/mol. The molecule has 0 aromatic heterocycles. The minimum atomic E-state index is -3.50. The van der Waals surface area contributed by atoms with E-state index >= 15 is 0 Å². The van der Waals surface area contributed by atoms with Gasteiger partial charge in [-0.1, -0.05) is 37.6 Å². The van der Waals surface area contributed by atoms with Crippen molar-refractivity contribution in [2.75, 3.05) is 18.2 Å². The Hall–Kier alpha value is -2.38. The van der Waals surface area contributed by atoms with Gasteiger partial charge in [0.2, 0.25) is 0 Å². The van der Waals surface area contributed by atoms with E-state index in [1.807, 2.05) is 12.1 Å². The first-order valence-electron chi connectivity index (χ1n) is 8.14. The predicted molar refractivity (Wildman–Crippen MR) is 104 cm³/mol. The molecule has 27 heavy (non-hydrogen) atoms. The third-order valence-corrected chi connectivity index (χ3v) is 5.22. The summed E-state index contributed by atoms with van der Waals surface area (Å²) in [6, 6.07) is 11.1. The van der Waals surface area contributed by atoms with E-state index in [-0.39, 0.29) is 15.5 Å². The summed E-state index contributed by atoms with van der Waals surface area (Å²) < 4.78 is 28.1. The van der Waals surface area contributed by atoms with Gasteiger partial charge in [0, 0.05) is 11.9 Å². The van der Waals surface area contributed by atoms with Gasteiger partial charge in [-0.05, 0) is 41.8 Å². The Morgan fingerprint density at radius 2 is 1.74 bits per heavy atom. The Labute approximate surface area is 163 Å². The number of anilines is 1. The molecule has 0 aliphatic rings. The lowest BCUT2D eigenvalue weighted by atomic mass is 10.0. The zero-order valence-electron chi connectivity index (χ0n) is 15.2. The Balaban J connectivity index is 2.00. The molecule has 2 aromatic carbocycles. The molecule has 144 valence electrons. The van der Waals surface area contributed by atoms with E-state index in [9.17, 15) is 18.0 Å². The maximum atomic E-state index is 12.1. The highest BCUT2D eigenvalue weighted by atomic mass is 35.5. The maximum Gasteiger partial charge on any atom is 0.340 e. The molecule has 0 atom stereocenters. The maximum absolute atomic E-state index is 12.1. The van der Waals surface area contributed by atoms with Crippen LogP contribution in [0.1, 0.15) is 35.7 Å². The Morgan fingerprint density at radius 3 is 2.30 bits per heavy atom. The fourth-order valence-electron chi connectivity index (χ4n) is 2.25. The lowest BCUT2D eigenvalue weighted by Gasteiger charge is -2.10. The molecule has 2 aromatic rings. The minimum Gasteiger partial charge on any atom is -0.452 e. The fraction of sp³-hybridized carbons (Fsp3) is 0.263. The topological polar surface area (TPSA) is 89.5 Å². The summed E-state index contributed by atoms with van der Waals surface area (Å²) in [6.07, 6.45) is 1.02. The van der Waals surface area contributed by atoms with Crippen LogP contribution in [0.3, 0.4) is 0 Å². The van der Waals surface area contributed by atoms with E-state index in [1.54, 1.807) is 12.1 Å². The number of carbonyl (C=O) groups excluding carboxylic acids is 2. The van der Waals surface area contributed by atoms with Gasteiger partial charge in [0.1, 0.15) is 0 Å². The molecule has 0 aliphatic carbocycles. The second-order valence-corrected chi connectivity index (χ2v) is 8.74. The molecule has 0 fully saturated rings. The fourth-order valence-corrected chi connectivity index (χ4v) is 3.09. The number of ether oxygens (including phenoxy) is 1. The van der Waals surface area contributed by atoms with Crippen molar-refractivity contribution < 1.29 is 22.7 Å². The van der Waals surface area contributed by atoms with Gasteiger partial charge in [-0.25, -0.2) is 13.2 Å². The van der Waals surface area contributed by atoms with Crippen molar-refractivity contribution in [3.05, 3.63) is 58.6 Å². The van der Waals surface area contributed by atoms with Gasteiger partial charge in [0.15, 0.2) is 16.4 Å². The van der Waals surface area contributed by atoms with Crippen LogP contribution < -0.4 is 5.32 Å². The number of carbonyl (C=O) groups is 2. The first kappa shape index (κ1) is 20.9. The Bertz CT molecular complexity index is 953. The van der Waals surface area contributed by atoms with Crippen molar-refractivity contribution in [3.63, 3.8) is 0 Å². The molecule has 1 amide bonds. The van der Waals surface area contributed by atoms with E-state index in [0.29, 0.717) is 11.6 Å². The molecule has 2 rings (SSSR count). The van der Waals surface area contributed by atoms with Crippen molar-refractivity contribution in [2.24, 2.45) is 0 Å². The lowest BCUT2D eigenvalue weighted by Crippen LogP contribution is -2.21. The smallest absolute Gasteiger partial charge is 0.340 e. The number of amides is 1. The monoisotopic (exact) mass is 409 g/mol. The normalized spacial score (nSPS) is 11.3. The molecule has 0 saturated heterocycles. The summed E-state index contributed by atoms with van der Waals surface area (Å²) >= 11 is 5.93. The second kappa shape index (κ2) is 8.54. The van der Waals surface area contributed by atoms with Crippen molar-refractivity contribution >= 4 is 39.0 Å². The van der Waals surface area contributed by atoms with Gasteiger partial charge in [-0.15, -0.1) is 0 Å². The SMILES string of the molecule is CC(C)c1ccc(NC(=O)COC(=O)c2cc(S(C)(=O)=O)ccc2Cl)cc1. The molecule has 0 aliphatic heterocycles. The Kier molecular flexibility index (Phi) is 6.62. The number of sulfone groups is 1. The van der Waals surface area contributed by atoms with Crippen LogP contribution in [-0.2, 0) is 19.4 Å². The number of hydrogen-bond donors (Lipinski definition) is 1. The molecule has 6 nitrogen and oxygen atoms in total. The van der Waals surface area contributed by atoms with Gasteiger partial charge >= 0.3 is 5.97 Å². The molecule has 0 unspecified atom stereocenters. The van der Waals surface area contributed by atoms with Crippen LogP contribution in [0.2, 0.25) is 5.02 Å². The first-order chi connectivity index (χ1) is 12.6. The number of rotatable bonds is 6. The zero-order chi connectivity index (χ0) is 20.2. The zero-order valence-corrected chi connectivity index (χ0v) is 16.7. The van der Waals surface area contributed by atoms with Crippen LogP contribution in [0.25, 0.3) is 0 Å². The highest BCUT2D eigenvalue weighted by molar-refractivity contribution is 7.90. The van der Waals surface area contributed by atoms with Gasteiger partial charge in [0.05, 0.1) is 15.5 Å². The van der Waals surface area contributed by atoms with E-state index in [4.69, 9.17) is 16.3 Å². The van der Waals surface area contributed by atoms with Crippen LogP contribution >= 0.6 is 11.6 Å². The highest BCUT2D eigenvalue weighted by Crippen LogP contribution is 2.21. The van der Waals surface area contributed by atoms with Crippen LogP contribution in [0.4, 0.5) is 5.69 Å². The number of nitrogens with one attached hydrogen (secondary N) is 1. The summed E-state index contributed by atoms with van der Waals surface area (Å²) in [4.78, 5) is 24.0. The van der Waals surface area contributed by atoms with Crippen molar-refractivity contribution in [2.45, 2.75) is 24.7 Å². The summed E-state index contributed by atoms with van der Waals surface area (Å²) in [7, 11) is -3.50. The molecule has 0 heterocycles. The standard InChI is InChI=1S/C19H20ClNO5S/c1-12(2)13-4-6-14(7-5-13)21-18(22)11-26-19(23)16-10-15(27(3,24)25)8-9-17(16)20/h4-10,12H,11H2,1-3H3,(H,21,22).